The molecule has 1 N–H and O–H groups in total. The molecule has 1 atom stereocenters. The van der Waals surface area contributed by atoms with Crippen LogP contribution in [-0.4, -0.2) is 26.5 Å². The highest BCUT2D eigenvalue weighted by Gasteiger charge is 2.20. The van der Waals surface area contributed by atoms with Crippen LogP contribution in [0.1, 0.15) is 18.2 Å². The summed E-state index contributed by atoms with van der Waals surface area (Å²) in [5.41, 5.74) is 0. The van der Waals surface area contributed by atoms with Crippen molar-refractivity contribution >= 4 is 33.1 Å². The number of thioether (sulfide) groups is 1. The van der Waals surface area contributed by atoms with Gasteiger partial charge in [0.05, 0.1) is 0 Å². The number of sulfonamides is 1. The maximum atomic E-state index is 12.0. The summed E-state index contributed by atoms with van der Waals surface area (Å²) >= 11 is 2.60. The van der Waals surface area contributed by atoms with E-state index in [1.165, 1.54) is 12.1 Å². The Morgan fingerprint density at radius 2 is 2.29 bits per heavy atom. The van der Waals surface area contributed by atoms with E-state index in [1.54, 1.807) is 11.8 Å². The van der Waals surface area contributed by atoms with E-state index in [1.807, 2.05) is 19.2 Å². The Balaban J connectivity index is 2.84. The van der Waals surface area contributed by atoms with Crippen LogP contribution < -0.4 is 4.72 Å². The van der Waals surface area contributed by atoms with E-state index in [-0.39, 0.29) is 10.3 Å². The first-order chi connectivity index (χ1) is 8.03. The molecule has 7 heteroatoms. The first-order valence-electron chi connectivity index (χ1n) is 5.04. The fourth-order valence-corrected chi connectivity index (χ4v) is 4.50. The zero-order valence-corrected chi connectivity index (χ0v) is 12.1. The van der Waals surface area contributed by atoms with Gasteiger partial charge in [-0.1, -0.05) is 6.92 Å². The van der Waals surface area contributed by atoms with Crippen molar-refractivity contribution in [1.82, 2.24) is 4.72 Å². The van der Waals surface area contributed by atoms with E-state index in [9.17, 15) is 8.42 Å². The Kier molecular flexibility index (Phi) is 5.46. The van der Waals surface area contributed by atoms with Gasteiger partial charge in [0.1, 0.15) is 15.2 Å². The van der Waals surface area contributed by atoms with E-state index in [0.29, 0.717) is 4.88 Å². The first kappa shape index (κ1) is 14.5. The standard InChI is InChI=1S/C10H14N2O2S3/c1-3-8(7-15-2)12-17(13,14)10-5-4-9(6-11)16-10/h4-5,8,12H,3,7H2,1-2H3. The van der Waals surface area contributed by atoms with Crippen molar-refractivity contribution in [3.8, 4) is 6.07 Å². The van der Waals surface area contributed by atoms with Crippen LogP contribution >= 0.6 is 23.1 Å². The highest BCUT2D eigenvalue weighted by molar-refractivity contribution is 7.98. The molecule has 0 radical (unpaired) electrons. The summed E-state index contributed by atoms with van der Waals surface area (Å²) in [6, 6.07) is 4.86. The van der Waals surface area contributed by atoms with Crippen LogP contribution in [-0.2, 0) is 10.0 Å². The molecule has 0 aromatic carbocycles. The van der Waals surface area contributed by atoms with Crippen LogP contribution in [0.4, 0.5) is 0 Å². The Labute approximate surface area is 110 Å². The van der Waals surface area contributed by atoms with Gasteiger partial charge in [0.2, 0.25) is 10.0 Å². The van der Waals surface area contributed by atoms with Crippen molar-refractivity contribution in [2.24, 2.45) is 0 Å². The third-order valence-electron chi connectivity index (χ3n) is 2.14. The smallest absolute Gasteiger partial charge is 0.207 e. The molecule has 1 rings (SSSR count). The minimum Gasteiger partial charge on any atom is -0.207 e. The monoisotopic (exact) mass is 290 g/mol. The van der Waals surface area contributed by atoms with Gasteiger partial charge < -0.3 is 0 Å². The molecule has 94 valence electrons. The Morgan fingerprint density at radius 3 is 2.76 bits per heavy atom. The largest absolute Gasteiger partial charge is 0.250 e. The molecule has 0 aliphatic carbocycles. The van der Waals surface area contributed by atoms with E-state index < -0.39 is 10.0 Å². The number of hydrogen-bond donors (Lipinski definition) is 1. The van der Waals surface area contributed by atoms with Gasteiger partial charge in [0.25, 0.3) is 0 Å². The Bertz CT molecular complexity index is 502. The molecule has 0 amide bonds. The van der Waals surface area contributed by atoms with Crippen LogP contribution in [0.25, 0.3) is 0 Å². The Hall–Kier alpha value is -0.550. The van der Waals surface area contributed by atoms with Crippen LogP contribution in [0.5, 0.6) is 0 Å². The summed E-state index contributed by atoms with van der Waals surface area (Å²) < 4.78 is 26.8. The highest BCUT2D eigenvalue weighted by atomic mass is 32.2. The van der Waals surface area contributed by atoms with Crippen molar-refractivity contribution < 1.29 is 8.42 Å². The molecule has 0 spiro atoms. The highest BCUT2D eigenvalue weighted by Crippen LogP contribution is 2.21. The number of nitrogens with one attached hydrogen (secondary N) is 1. The van der Waals surface area contributed by atoms with E-state index >= 15 is 0 Å². The molecule has 0 aliphatic rings. The molecule has 0 fully saturated rings. The maximum Gasteiger partial charge on any atom is 0.250 e. The summed E-state index contributed by atoms with van der Waals surface area (Å²) in [5, 5.41) is 8.67. The van der Waals surface area contributed by atoms with Gasteiger partial charge in [0.15, 0.2) is 0 Å². The average molecular weight is 290 g/mol. The summed E-state index contributed by atoms with van der Waals surface area (Å²) in [6.45, 7) is 1.94. The van der Waals surface area contributed by atoms with Gasteiger partial charge in [-0.2, -0.15) is 17.0 Å². The predicted molar refractivity (Wildman–Crippen MR) is 71.8 cm³/mol. The van der Waals surface area contributed by atoms with E-state index in [2.05, 4.69) is 4.72 Å². The topological polar surface area (TPSA) is 70.0 Å². The van der Waals surface area contributed by atoms with Crippen molar-refractivity contribution in [2.45, 2.75) is 23.6 Å². The van der Waals surface area contributed by atoms with Crippen LogP contribution in [0, 0.1) is 11.3 Å². The van der Waals surface area contributed by atoms with Gasteiger partial charge in [-0.15, -0.1) is 11.3 Å². The van der Waals surface area contributed by atoms with Crippen molar-refractivity contribution in [3.05, 3.63) is 17.0 Å². The second-order valence-electron chi connectivity index (χ2n) is 3.41. The minimum absolute atomic E-state index is 0.0670. The molecule has 17 heavy (non-hydrogen) atoms. The predicted octanol–water partition coefficient (Wildman–Crippen LogP) is 2.04. The third kappa shape index (κ3) is 4.00. The minimum atomic E-state index is -3.48. The number of thiophene rings is 1. The fourth-order valence-electron chi connectivity index (χ4n) is 1.24. The van der Waals surface area contributed by atoms with Crippen molar-refractivity contribution in [2.75, 3.05) is 12.0 Å². The van der Waals surface area contributed by atoms with Gasteiger partial charge in [-0.05, 0) is 24.8 Å². The number of hydrogen-bond acceptors (Lipinski definition) is 5. The maximum absolute atomic E-state index is 12.0. The molecule has 0 saturated heterocycles. The van der Waals surface area contributed by atoms with Crippen LogP contribution in [0.3, 0.4) is 0 Å². The number of nitriles is 1. The van der Waals surface area contributed by atoms with Crippen molar-refractivity contribution in [3.63, 3.8) is 0 Å². The second kappa shape index (κ2) is 6.40. The zero-order chi connectivity index (χ0) is 12.9. The summed E-state index contributed by atoms with van der Waals surface area (Å²) in [6.07, 6.45) is 2.69. The van der Waals surface area contributed by atoms with Crippen LogP contribution in [0.15, 0.2) is 16.3 Å². The van der Waals surface area contributed by atoms with Gasteiger partial charge in [-0.3, -0.25) is 0 Å². The SMILES string of the molecule is CCC(CSC)NS(=O)(=O)c1ccc(C#N)s1. The summed E-state index contributed by atoms with van der Waals surface area (Å²) in [4.78, 5) is 0.406. The second-order valence-corrected chi connectivity index (χ2v) is 7.35. The molecular weight excluding hydrogens is 276 g/mol. The molecule has 4 nitrogen and oxygen atoms in total. The first-order valence-corrected chi connectivity index (χ1v) is 8.74. The number of rotatable bonds is 6. The normalized spacial score (nSPS) is 13.2. The van der Waals surface area contributed by atoms with Crippen molar-refractivity contribution in [1.29, 1.82) is 5.26 Å². The molecule has 1 aromatic rings. The van der Waals surface area contributed by atoms with Gasteiger partial charge >= 0.3 is 0 Å². The lowest BCUT2D eigenvalue weighted by Gasteiger charge is -2.14. The summed E-state index contributed by atoms with van der Waals surface area (Å²) in [5.74, 6) is 0.742. The van der Waals surface area contributed by atoms with E-state index in [4.69, 9.17) is 5.26 Å². The molecule has 0 saturated carbocycles. The molecule has 1 aromatic heterocycles. The molecule has 0 aliphatic heterocycles. The van der Waals surface area contributed by atoms with Gasteiger partial charge in [-0.25, -0.2) is 13.1 Å². The molecule has 1 unspecified atom stereocenters. The zero-order valence-electron chi connectivity index (χ0n) is 9.63. The molecular formula is C10H14N2O2S3. The van der Waals surface area contributed by atoms with E-state index in [0.717, 1.165) is 23.5 Å². The lowest BCUT2D eigenvalue weighted by Crippen LogP contribution is -2.35. The lowest BCUT2D eigenvalue weighted by atomic mass is 10.3. The molecule has 1 heterocycles. The quantitative estimate of drug-likeness (QED) is 0.870. The third-order valence-corrected chi connectivity index (χ3v) is 5.88. The summed E-state index contributed by atoms with van der Waals surface area (Å²) in [7, 11) is -3.48. The van der Waals surface area contributed by atoms with Crippen LogP contribution in [0.2, 0.25) is 0 Å². The number of nitrogens with zero attached hydrogens (tertiary/aromatic N) is 1. The van der Waals surface area contributed by atoms with Gasteiger partial charge in [0, 0.05) is 11.8 Å². The Morgan fingerprint density at radius 1 is 1.59 bits per heavy atom. The lowest BCUT2D eigenvalue weighted by molar-refractivity contribution is 0.560. The average Bonchev–Trinajstić information content (AvgIpc) is 2.77. The molecule has 0 bridgehead atoms. The fraction of sp³-hybridized carbons (Fsp3) is 0.500.